The maximum absolute atomic E-state index is 12.7. The topological polar surface area (TPSA) is 57.7 Å². The molecule has 1 aliphatic rings. The number of benzene rings is 2. The molecular formula is C20H22F2N2O3S. The van der Waals surface area contributed by atoms with Crippen molar-refractivity contribution < 1.29 is 22.0 Å². The molecule has 1 heterocycles. The van der Waals surface area contributed by atoms with E-state index in [0.29, 0.717) is 6.54 Å². The van der Waals surface area contributed by atoms with Crippen LogP contribution in [0.4, 0.5) is 14.5 Å². The Morgan fingerprint density at radius 3 is 2.29 bits per heavy atom. The number of carbonyl (C=O) groups excluding carboxylic acids is 1. The number of sulfone groups is 1. The molecule has 0 aromatic heterocycles. The van der Waals surface area contributed by atoms with Crippen LogP contribution in [-0.4, -0.2) is 45.1 Å². The van der Waals surface area contributed by atoms with Gasteiger partial charge >= 0.3 is 5.76 Å². The van der Waals surface area contributed by atoms with Crippen LogP contribution < -0.4 is 4.90 Å². The van der Waals surface area contributed by atoms with Crippen LogP contribution in [0.25, 0.3) is 0 Å². The third-order valence-corrected chi connectivity index (χ3v) is 6.26. The van der Waals surface area contributed by atoms with Gasteiger partial charge in [-0.05, 0) is 48.7 Å². The van der Waals surface area contributed by atoms with Crippen molar-refractivity contribution in [2.75, 3.05) is 25.0 Å². The number of hydrogen-bond acceptors (Lipinski definition) is 4. The molecule has 1 amide bonds. The molecule has 150 valence electrons. The van der Waals surface area contributed by atoms with Crippen LogP contribution >= 0.6 is 0 Å². The van der Waals surface area contributed by atoms with Gasteiger partial charge in [0, 0.05) is 37.9 Å². The van der Waals surface area contributed by atoms with E-state index in [2.05, 4.69) is 4.90 Å². The van der Waals surface area contributed by atoms with Crippen molar-refractivity contribution in [1.29, 1.82) is 0 Å². The smallest absolute Gasteiger partial charge is 0.341 e. The van der Waals surface area contributed by atoms with Crippen molar-refractivity contribution in [3.63, 3.8) is 0 Å². The van der Waals surface area contributed by atoms with Gasteiger partial charge in [-0.3, -0.25) is 4.79 Å². The fourth-order valence-electron chi connectivity index (χ4n) is 3.35. The molecule has 1 saturated heterocycles. The van der Waals surface area contributed by atoms with Gasteiger partial charge in [0.2, 0.25) is 9.84 Å². The minimum atomic E-state index is -4.67. The molecule has 2 aromatic carbocycles. The van der Waals surface area contributed by atoms with Crippen LogP contribution in [0.3, 0.4) is 0 Å². The number of para-hydroxylation sites is 1. The molecule has 2 aromatic rings. The Morgan fingerprint density at radius 1 is 1.07 bits per heavy atom. The fraction of sp³-hybridized carbons (Fsp3) is 0.350. The summed E-state index contributed by atoms with van der Waals surface area (Å²) in [6.45, 7) is 2.38. The lowest BCUT2D eigenvalue weighted by Gasteiger charge is -2.24. The predicted octanol–water partition coefficient (Wildman–Crippen LogP) is 3.56. The van der Waals surface area contributed by atoms with E-state index in [-0.39, 0.29) is 11.5 Å². The maximum Gasteiger partial charge on any atom is 0.341 e. The third-order valence-electron chi connectivity index (χ3n) is 4.86. The SMILES string of the molecule is CN(Cc1ccccc1N1CCCC1)C(=O)c1ccc(S(=O)(=O)C(F)F)cc1. The maximum atomic E-state index is 12.7. The minimum Gasteiger partial charge on any atom is -0.371 e. The van der Waals surface area contributed by atoms with E-state index in [1.165, 1.54) is 17.0 Å². The minimum absolute atomic E-state index is 0.245. The van der Waals surface area contributed by atoms with Crippen LogP contribution in [0.5, 0.6) is 0 Å². The second-order valence-corrected chi connectivity index (χ2v) is 8.73. The summed E-state index contributed by atoms with van der Waals surface area (Å²) in [6, 6.07) is 12.5. The summed E-state index contributed by atoms with van der Waals surface area (Å²) < 4.78 is 48.3. The Labute approximate surface area is 163 Å². The Bertz CT molecular complexity index is 940. The highest BCUT2D eigenvalue weighted by Crippen LogP contribution is 2.26. The second-order valence-electron chi connectivity index (χ2n) is 6.81. The van der Waals surface area contributed by atoms with Gasteiger partial charge in [-0.2, -0.15) is 8.78 Å². The number of nitrogens with zero attached hydrogens (tertiary/aromatic N) is 2. The quantitative estimate of drug-likeness (QED) is 0.734. The van der Waals surface area contributed by atoms with Crippen LogP contribution in [0, 0.1) is 0 Å². The standard InChI is InChI=1S/C20H22F2N2O3S/c1-23(14-16-6-2-3-7-18(16)24-12-4-5-13-24)19(25)15-8-10-17(11-9-15)28(26,27)20(21)22/h2-3,6-11,20H,4-5,12-14H2,1H3. The van der Waals surface area contributed by atoms with E-state index < -0.39 is 20.5 Å². The summed E-state index contributed by atoms with van der Waals surface area (Å²) in [6.07, 6.45) is 2.30. The van der Waals surface area contributed by atoms with Gasteiger partial charge in [0.15, 0.2) is 0 Å². The zero-order valence-electron chi connectivity index (χ0n) is 15.5. The first-order valence-corrected chi connectivity index (χ1v) is 10.6. The van der Waals surface area contributed by atoms with Crippen molar-refractivity contribution in [3.05, 3.63) is 59.7 Å². The van der Waals surface area contributed by atoms with Gasteiger partial charge in [0.25, 0.3) is 5.91 Å². The molecule has 8 heteroatoms. The van der Waals surface area contributed by atoms with Crippen molar-refractivity contribution in [2.24, 2.45) is 0 Å². The average molecular weight is 408 g/mol. The van der Waals surface area contributed by atoms with Crippen molar-refractivity contribution in [2.45, 2.75) is 30.0 Å². The second kappa shape index (κ2) is 8.26. The molecule has 0 radical (unpaired) electrons. The summed E-state index contributed by atoms with van der Waals surface area (Å²) in [5, 5.41) is 0. The van der Waals surface area contributed by atoms with E-state index in [0.717, 1.165) is 49.3 Å². The number of halogens is 2. The number of anilines is 1. The van der Waals surface area contributed by atoms with Gasteiger partial charge in [-0.1, -0.05) is 18.2 Å². The number of rotatable bonds is 6. The molecule has 5 nitrogen and oxygen atoms in total. The van der Waals surface area contributed by atoms with Gasteiger partial charge in [0.1, 0.15) is 0 Å². The molecule has 0 atom stereocenters. The molecule has 0 aliphatic carbocycles. The summed E-state index contributed by atoms with van der Waals surface area (Å²) >= 11 is 0. The van der Waals surface area contributed by atoms with E-state index in [1.54, 1.807) is 7.05 Å². The summed E-state index contributed by atoms with van der Waals surface area (Å²) in [7, 11) is -3.01. The van der Waals surface area contributed by atoms with Crippen molar-refractivity contribution in [1.82, 2.24) is 4.90 Å². The van der Waals surface area contributed by atoms with E-state index >= 15 is 0 Å². The summed E-state index contributed by atoms with van der Waals surface area (Å²) in [5.41, 5.74) is 2.38. The Morgan fingerprint density at radius 2 is 1.68 bits per heavy atom. The molecule has 0 N–H and O–H groups in total. The average Bonchev–Trinajstić information content (AvgIpc) is 3.22. The van der Waals surface area contributed by atoms with E-state index in [1.807, 2.05) is 24.3 Å². The van der Waals surface area contributed by atoms with E-state index in [4.69, 9.17) is 0 Å². The fourth-order valence-corrected chi connectivity index (χ4v) is 4.07. The van der Waals surface area contributed by atoms with Gasteiger partial charge in [-0.25, -0.2) is 8.42 Å². The number of hydrogen-bond donors (Lipinski definition) is 0. The normalized spacial score (nSPS) is 14.5. The van der Waals surface area contributed by atoms with Crippen LogP contribution in [-0.2, 0) is 16.4 Å². The molecular weight excluding hydrogens is 386 g/mol. The molecule has 3 rings (SSSR count). The molecule has 28 heavy (non-hydrogen) atoms. The summed E-state index contributed by atoms with van der Waals surface area (Å²) in [4.78, 5) is 16.0. The number of amides is 1. The molecule has 1 fully saturated rings. The molecule has 0 spiro atoms. The molecule has 1 aliphatic heterocycles. The highest BCUT2D eigenvalue weighted by atomic mass is 32.2. The lowest BCUT2D eigenvalue weighted by Crippen LogP contribution is -2.28. The Hall–Kier alpha value is -2.48. The molecule has 0 unspecified atom stereocenters. The largest absolute Gasteiger partial charge is 0.371 e. The highest BCUT2D eigenvalue weighted by Gasteiger charge is 2.27. The van der Waals surface area contributed by atoms with E-state index in [9.17, 15) is 22.0 Å². The first-order valence-electron chi connectivity index (χ1n) is 9.01. The zero-order valence-corrected chi connectivity index (χ0v) is 16.3. The first kappa shape index (κ1) is 20.3. The van der Waals surface area contributed by atoms with Gasteiger partial charge in [-0.15, -0.1) is 0 Å². The van der Waals surface area contributed by atoms with Crippen molar-refractivity contribution >= 4 is 21.4 Å². The monoisotopic (exact) mass is 408 g/mol. The Balaban J connectivity index is 1.75. The lowest BCUT2D eigenvalue weighted by atomic mass is 10.1. The first-order chi connectivity index (χ1) is 13.3. The third kappa shape index (κ3) is 4.16. The lowest BCUT2D eigenvalue weighted by molar-refractivity contribution is 0.0785. The van der Waals surface area contributed by atoms with Gasteiger partial charge in [0.05, 0.1) is 4.90 Å². The highest BCUT2D eigenvalue weighted by molar-refractivity contribution is 7.91. The van der Waals surface area contributed by atoms with Crippen LogP contribution in [0.15, 0.2) is 53.4 Å². The molecule has 0 bridgehead atoms. The van der Waals surface area contributed by atoms with Crippen LogP contribution in [0.2, 0.25) is 0 Å². The number of carbonyl (C=O) groups is 1. The summed E-state index contributed by atoms with van der Waals surface area (Å²) in [5.74, 6) is -3.80. The number of alkyl halides is 2. The van der Waals surface area contributed by atoms with Crippen molar-refractivity contribution in [3.8, 4) is 0 Å². The predicted molar refractivity (Wildman–Crippen MR) is 103 cm³/mol. The van der Waals surface area contributed by atoms with Gasteiger partial charge < -0.3 is 9.80 Å². The zero-order chi connectivity index (χ0) is 20.3. The molecule has 0 saturated carbocycles. The van der Waals surface area contributed by atoms with Crippen LogP contribution in [0.1, 0.15) is 28.8 Å². The Kier molecular flexibility index (Phi) is 5.98.